The highest BCUT2D eigenvalue weighted by atomic mass is 16.5. The number of nitriles is 1. The van der Waals surface area contributed by atoms with Crippen molar-refractivity contribution in [3.8, 4) is 6.07 Å². The van der Waals surface area contributed by atoms with E-state index < -0.39 is 6.09 Å². The summed E-state index contributed by atoms with van der Waals surface area (Å²) in [5.41, 5.74) is 1.99. The van der Waals surface area contributed by atoms with Crippen LogP contribution in [0.15, 0.2) is 60.7 Å². The molecule has 0 saturated carbocycles. The van der Waals surface area contributed by atoms with Crippen LogP contribution in [0.2, 0.25) is 0 Å². The van der Waals surface area contributed by atoms with Crippen molar-refractivity contribution >= 4 is 22.8 Å². The summed E-state index contributed by atoms with van der Waals surface area (Å²) in [6.07, 6.45) is -0.611. The van der Waals surface area contributed by atoms with Crippen molar-refractivity contribution < 1.29 is 9.53 Å². The maximum Gasteiger partial charge on any atom is 0.413 e. The Hall–Kier alpha value is -3.39. The van der Waals surface area contributed by atoms with Gasteiger partial charge in [-0.2, -0.15) is 5.26 Å². The van der Waals surface area contributed by atoms with Gasteiger partial charge in [0.15, 0.2) is 0 Å². The van der Waals surface area contributed by atoms with Crippen LogP contribution in [0.5, 0.6) is 0 Å². The van der Waals surface area contributed by atoms with E-state index >= 15 is 0 Å². The highest BCUT2D eigenvalue weighted by molar-refractivity contribution is 5.90. The Kier molecular flexibility index (Phi) is 4.16. The van der Waals surface area contributed by atoms with E-state index in [0.717, 1.165) is 10.9 Å². The molecule has 5 nitrogen and oxygen atoms in total. The SMILES string of the molecule is N#Cc1cc(NC(=O)OCc2ccccc2)nc2ccccc12. The minimum Gasteiger partial charge on any atom is -0.444 e. The fraction of sp³-hybridized carbons (Fsp3) is 0.0556. The van der Waals surface area contributed by atoms with Crippen LogP contribution in [-0.4, -0.2) is 11.1 Å². The summed E-state index contributed by atoms with van der Waals surface area (Å²) in [6, 6.07) is 20.3. The molecule has 3 rings (SSSR count). The first-order valence-electron chi connectivity index (χ1n) is 7.04. The number of nitrogens with one attached hydrogen (secondary N) is 1. The van der Waals surface area contributed by atoms with Crippen LogP contribution < -0.4 is 5.32 Å². The number of hydrogen-bond acceptors (Lipinski definition) is 4. The Morgan fingerprint density at radius 2 is 1.87 bits per heavy atom. The van der Waals surface area contributed by atoms with Crippen LogP contribution in [0.4, 0.5) is 10.6 Å². The van der Waals surface area contributed by atoms with Gasteiger partial charge in [-0.3, -0.25) is 5.32 Å². The largest absolute Gasteiger partial charge is 0.444 e. The van der Waals surface area contributed by atoms with E-state index in [1.54, 1.807) is 6.07 Å². The number of ether oxygens (including phenoxy) is 1. The lowest BCUT2D eigenvalue weighted by Crippen LogP contribution is -2.14. The summed E-state index contributed by atoms with van der Waals surface area (Å²) in [4.78, 5) is 16.2. The summed E-state index contributed by atoms with van der Waals surface area (Å²) in [5, 5.41) is 12.5. The van der Waals surface area contributed by atoms with E-state index in [2.05, 4.69) is 16.4 Å². The number of benzene rings is 2. The lowest BCUT2D eigenvalue weighted by atomic mass is 10.1. The van der Waals surface area contributed by atoms with E-state index in [4.69, 9.17) is 4.74 Å². The molecule has 1 amide bonds. The average molecular weight is 303 g/mol. The van der Waals surface area contributed by atoms with Gasteiger partial charge in [0, 0.05) is 5.39 Å². The van der Waals surface area contributed by atoms with Crippen LogP contribution in [0.25, 0.3) is 10.9 Å². The lowest BCUT2D eigenvalue weighted by Gasteiger charge is -2.08. The van der Waals surface area contributed by atoms with Gasteiger partial charge in [0.2, 0.25) is 0 Å². The second kappa shape index (κ2) is 6.58. The zero-order valence-electron chi connectivity index (χ0n) is 12.2. The molecule has 1 heterocycles. The van der Waals surface area contributed by atoms with Gasteiger partial charge in [-0.1, -0.05) is 48.5 Å². The topological polar surface area (TPSA) is 75.0 Å². The van der Waals surface area contributed by atoms with E-state index in [1.165, 1.54) is 6.07 Å². The summed E-state index contributed by atoms with van der Waals surface area (Å²) >= 11 is 0. The number of anilines is 1. The Labute approximate surface area is 133 Å². The minimum atomic E-state index is -0.611. The highest BCUT2D eigenvalue weighted by Gasteiger charge is 2.09. The Morgan fingerprint density at radius 1 is 1.13 bits per heavy atom. The Morgan fingerprint density at radius 3 is 2.65 bits per heavy atom. The molecule has 112 valence electrons. The molecule has 0 unspecified atom stereocenters. The summed E-state index contributed by atoms with van der Waals surface area (Å²) in [7, 11) is 0. The average Bonchev–Trinajstić information content (AvgIpc) is 2.60. The monoisotopic (exact) mass is 303 g/mol. The van der Waals surface area contributed by atoms with Gasteiger partial charge >= 0.3 is 6.09 Å². The van der Waals surface area contributed by atoms with Gasteiger partial charge < -0.3 is 4.74 Å². The normalized spacial score (nSPS) is 10.0. The van der Waals surface area contributed by atoms with Crippen molar-refractivity contribution in [1.29, 1.82) is 5.26 Å². The van der Waals surface area contributed by atoms with Gasteiger partial charge in [-0.25, -0.2) is 9.78 Å². The van der Waals surface area contributed by atoms with Gasteiger partial charge in [0.25, 0.3) is 0 Å². The summed E-state index contributed by atoms with van der Waals surface area (Å²) < 4.78 is 5.14. The highest BCUT2D eigenvalue weighted by Crippen LogP contribution is 2.20. The second-order valence-corrected chi connectivity index (χ2v) is 4.87. The molecular weight excluding hydrogens is 290 g/mol. The standard InChI is InChI=1S/C18H13N3O2/c19-11-14-10-17(20-16-9-5-4-8-15(14)16)21-18(22)23-12-13-6-2-1-3-7-13/h1-10H,12H2,(H,20,21,22). The molecule has 0 bridgehead atoms. The molecule has 3 aromatic rings. The van der Waals surface area contributed by atoms with E-state index in [0.29, 0.717) is 16.9 Å². The summed E-state index contributed by atoms with van der Waals surface area (Å²) in [6.45, 7) is 0.172. The number of para-hydroxylation sites is 1. The van der Waals surface area contributed by atoms with Crippen LogP contribution in [0, 0.1) is 11.3 Å². The number of aromatic nitrogens is 1. The zero-order chi connectivity index (χ0) is 16.1. The van der Waals surface area contributed by atoms with Crippen LogP contribution in [0.1, 0.15) is 11.1 Å². The van der Waals surface area contributed by atoms with Crippen LogP contribution in [-0.2, 0) is 11.3 Å². The predicted molar refractivity (Wildman–Crippen MR) is 86.7 cm³/mol. The zero-order valence-corrected chi connectivity index (χ0v) is 12.2. The fourth-order valence-electron chi connectivity index (χ4n) is 2.20. The number of carbonyl (C=O) groups is 1. The fourth-order valence-corrected chi connectivity index (χ4v) is 2.20. The lowest BCUT2D eigenvalue weighted by molar-refractivity contribution is 0.155. The Balaban J connectivity index is 1.73. The number of rotatable bonds is 3. The first kappa shape index (κ1) is 14.5. The van der Waals surface area contributed by atoms with Crippen molar-refractivity contribution in [2.75, 3.05) is 5.32 Å². The van der Waals surface area contributed by atoms with E-state index in [1.807, 2.05) is 48.5 Å². The maximum absolute atomic E-state index is 11.9. The third-order valence-electron chi connectivity index (χ3n) is 3.28. The van der Waals surface area contributed by atoms with Crippen molar-refractivity contribution in [3.05, 3.63) is 71.8 Å². The third kappa shape index (κ3) is 3.44. The quantitative estimate of drug-likeness (QED) is 0.797. The molecule has 23 heavy (non-hydrogen) atoms. The molecule has 0 spiro atoms. The number of carbonyl (C=O) groups excluding carboxylic acids is 1. The molecule has 0 atom stereocenters. The molecule has 0 fully saturated rings. The minimum absolute atomic E-state index is 0.172. The van der Waals surface area contributed by atoms with E-state index in [9.17, 15) is 10.1 Å². The smallest absolute Gasteiger partial charge is 0.413 e. The van der Waals surface area contributed by atoms with Crippen LogP contribution >= 0.6 is 0 Å². The van der Waals surface area contributed by atoms with E-state index in [-0.39, 0.29) is 6.61 Å². The van der Waals surface area contributed by atoms with Crippen molar-refractivity contribution in [3.63, 3.8) is 0 Å². The maximum atomic E-state index is 11.9. The number of amides is 1. The molecular formula is C18H13N3O2. The molecule has 5 heteroatoms. The van der Waals surface area contributed by atoms with Gasteiger partial charge in [0.1, 0.15) is 12.4 Å². The molecule has 0 aliphatic rings. The van der Waals surface area contributed by atoms with Crippen molar-refractivity contribution in [2.45, 2.75) is 6.61 Å². The van der Waals surface area contributed by atoms with Crippen molar-refractivity contribution in [1.82, 2.24) is 4.98 Å². The molecule has 0 radical (unpaired) electrons. The Bertz CT molecular complexity index is 886. The summed E-state index contributed by atoms with van der Waals surface area (Å²) in [5.74, 6) is 0.290. The second-order valence-electron chi connectivity index (χ2n) is 4.87. The first-order valence-corrected chi connectivity index (χ1v) is 7.04. The molecule has 1 aromatic heterocycles. The van der Waals surface area contributed by atoms with Gasteiger partial charge in [0.05, 0.1) is 17.1 Å². The number of pyridine rings is 1. The van der Waals surface area contributed by atoms with Gasteiger partial charge in [-0.15, -0.1) is 0 Å². The number of fused-ring (bicyclic) bond motifs is 1. The third-order valence-corrected chi connectivity index (χ3v) is 3.28. The number of nitrogens with zero attached hydrogens (tertiary/aromatic N) is 2. The van der Waals surface area contributed by atoms with Crippen LogP contribution in [0.3, 0.4) is 0 Å². The number of hydrogen-bond donors (Lipinski definition) is 1. The van der Waals surface area contributed by atoms with Crippen molar-refractivity contribution in [2.24, 2.45) is 0 Å². The first-order chi connectivity index (χ1) is 11.3. The van der Waals surface area contributed by atoms with Gasteiger partial charge in [-0.05, 0) is 17.7 Å². The predicted octanol–water partition coefficient (Wildman–Crippen LogP) is 3.86. The molecule has 1 N–H and O–H groups in total. The molecule has 0 aliphatic carbocycles. The molecule has 0 aliphatic heterocycles. The molecule has 2 aromatic carbocycles. The molecule has 0 saturated heterocycles.